The van der Waals surface area contributed by atoms with Crippen molar-refractivity contribution in [1.82, 2.24) is 0 Å². The molecule has 0 amide bonds. The molecule has 1 unspecified atom stereocenters. The Morgan fingerprint density at radius 2 is 2.14 bits per heavy atom. The minimum Gasteiger partial charge on any atom is -0.0818 e. The lowest BCUT2D eigenvalue weighted by Crippen LogP contribution is -1.87. The van der Waals surface area contributed by atoms with Gasteiger partial charge in [0.05, 0.1) is 6.04 Å². The third-order valence-electron chi connectivity index (χ3n) is 1.40. The van der Waals surface area contributed by atoms with Crippen LogP contribution in [0.5, 0.6) is 0 Å². The van der Waals surface area contributed by atoms with E-state index in [1.165, 1.54) is 11.8 Å². The molecular weight excluding hydrogens is 194 g/mol. The maximum atomic E-state index is 8.14. The summed E-state index contributed by atoms with van der Waals surface area (Å²) in [5.41, 5.74) is 8.14. The molecule has 70 valence electrons. The number of benzene rings is 1. The average Bonchev–Trinajstić information content (AvgIpc) is 2.20. The van der Waals surface area contributed by atoms with Crippen LogP contribution < -0.4 is 0 Å². The number of rotatable bonds is 2. The smallest absolute Gasteiger partial charge is 0.0818 e. The molecule has 0 aromatic heterocycles. The van der Waals surface area contributed by atoms with Crippen molar-refractivity contribution in [2.45, 2.75) is 17.9 Å². The van der Waals surface area contributed by atoms with Crippen molar-refractivity contribution >= 4 is 11.8 Å². The summed E-state index contributed by atoms with van der Waals surface area (Å²) in [4.78, 5) is 3.77. The van der Waals surface area contributed by atoms with Crippen LogP contribution in [0, 0.1) is 11.2 Å². The van der Waals surface area contributed by atoms with Crippen LogP contribution >= 0.6 is 11.8 Å². The van der Waals surface area contributed by atoms with E-state index in [0.717, 1.165) is 4.90 Å². The van der Waals surface area contributed by atoms with Crippen LogP contribution in [0.3, 0.4) is 0 Å². The van der Waals surface area contributed by atoms with Crippen molar-refractivity contribution in [2.24, 2.45) is 5.11 Å². The highest BCUT2D eigenvalue weighted by Crippen LogP contribution is 2.14. The second-order valence-electron chi connectivity index (χ2n) is 2.54. The third kappa shape index (κ3) is 3.90. The summed E-state index contributed by atoms with van der Waals surface area (Å²) in [7, 11) is 0. The predicted octanol–water partition coefficient (Wildman–Crippen LogP) is 3.44. The SMILES string of the molecule is CC(C#CSc1ccccc1)N=[N+]=[N-]. The normalized spacial score (nSPS) is 10.6. The van der Waals surface area contributed by atoms with E-state index < -0.39 is 0 Å². The number of nitrogens with zero attached hydrogens (tertiary/aromatic N) is 3. The number of thioether (sulfide) groups is 1. The minimum atomic E-state index is -0.267. The Balaban J connectivity index is 2.52. The van der Waals surface area contributed by atoms with Crippen LogP contribution in [0.2, 0.25) is 0 Å². The molecular formula is C10H9N3S. The van der Waals surface area contributed by atoms with Crippen LogP contribution in [0.25, 0.3) is 10.4 Å². The summed E-state index contributed by atoms with van der Waals surface area (Å²) in [5.74, 6) is 2.82. The van der Waals surface area contributed by atoms with Gasteiger partial charge < -0.3 is 0 Å². The van der Waals surface area contributed by atoms with E-state index in [0.29, 0.717) is 0 Å². The molecule has 1 rings (SSSR count). The molecule has 0 aliphatic carbocycles. The molecule has 0 aliphatic heterocycles. The molecule has 0 saturated carbocycles. The largest absolute Gasteiger partial charge is 0.0969 e. The highest BCUT2D eigenvalue weighted by Gasteiger charge is 1.89. The number of hydrogen-bond donors (Lipinski definition) is 0. The molecule has 0 N–H and O–H groups in total. The van der Waals surface area contributed by atoms with Gasteiger partial charge in [0.1, 0.15) is 0 Å². The van der Waals surface area contributed by atoms with E-state index in [1.54, 1.807) is 6.92 Å². The van der Waals surface area contributed by atoms with Gasteiger partial charge in [-0.25, -0.2) is 0 Å². The summed E-state index contributed by atoms with van der Waals surface area (Å²) < 4.78 is 0. The monoisotopic (exact) mass is 203 g/mol. The van der Waals surface area contributed by atoms with Gasteiger partial charge in [0.15, 0.2) is 0 Å². The molecule has 1 aromatic rings. The molecule has 1 atom stereocenters. The summed E-state index contributed by atoms with van der Waals surface area (Å²) >= 11 is 1.43. The Kier molecular flexibility index (Phi) is 4.49. The van der Waals surface area contributed by atoms with E-state index in [-0.39, 0.29) is 6.04 Å². The molecule has 0 radical (unpaired) electrons. The number of azide groups is 1. The fraction of sp³-hybridized carbons (Fsp3) is 0.200. The molecule has 0 bridgehead atoms. The second-order valence-corrected chi connectivity index (χ2v) is 3.42. The van der Waals surface area contributed by atoms with E-state index in [1.807, 2.05) is 30.3 Å². The first-order chi connectivity index (χ1) is 6.83. The second kappa shape index (κ2) is 5.98. The van der Waals surface area contributed by atoms with Crippen LogP contribution in [0.4, 0.5) is 0 Å². The Bertz CT molecular complexity index is 385. The maximum Gasteiger partial charge on any atom is 0.0969 e. The fourth-order valence-electron chi connectivity index (χ4n) is 0.769. The van der Waals surface area contributed by atoms with Gasteiger partial charge >= 0.3 is 0 Å². The summed E-state index contributed by atoms with van der Waals surface area (Å²) in [6, 6.07) is 9.58. The van der Waals surface area contributed by atoms with Crippen LogP contribution in [-0.2, 0) is 0 Å². The predicted molar refractivity (Wildman–Crippen MR) is 58.7 cm³/mol. The Morgan fingerprint density at radius 1 is 1.43 bits per heavy atom. The van der Waals surface area contributed by atoms with Gasteiger partial charge in [-0.05, 0) is 41.6 Å². The van der Waals surface area contributed by atoms with Gasteiger partial charge in [-0.3, -0.25) is 0 Å². The highest BCUT2D eigenvalue weighted by molar-refractivity contribution is 8.03. The highest BCUT2D eigenvalue weighted by atomic mass is 32.2. The van der Waals surface area contributed by atoms with E-state index in [2.05, 4.69) is 21.2 Å². The van der Waals surface area contributed by atoms with Gasteiger partial charge in [0, 0.05) is 9.81 Å². The van der Waals surface area contributed by atoms with Gasteiger partial charge in [-0.1, -0.05) is 29.2 Å². The van der Waals surface area contributed by atoms with Crippen molar-refractivity contribution in [3.63, 3.8) is 0 Å². The molecule has 0 spiro atoms. The van der Waals surface area contributed by atoms with Gasteiger partial charge in [-0.2, -0.15) is 0 Å². The third-order valence-corrected chi connectivity index (χ3v) is 2.13. The minimum absolute atomic E-state index is 0.267. The van der Waals surface area contributed by atoms with Crippen molar-refractivity contribution in [2.75, 3.05) is 0 Å². The molecule has 1 aromatic carbocycles. The summed E-state index contributed by atoms with van der Waals surface area (Å²) in [6.45, 7) is 1.76. The molecule has 3 nitrogen and oxygen atoms in total. The van der Waals surface area contributed by atoms with E-state index in [9.17, 15) is 0 Å². The quantitative estimate of drug-likeness (QED) is 0.239. The zero-order valence-electron chi connectivity index (χ0n) is 7.71. The lowest BCUT2D eigenvalue weighted by Gasteiger charge is -1.91. The van der Waals surface area contributed by atoms with Crippen LogP contribution in [-0.4, -0.2) is 6.04 Å². The van der Waals surface area contributed by atoms with Gasteiger partial charge in [-0.15, -0.1) is 0 Å². The first-order valence-corrected chi connectivity index (χ1v) is 4.91. The zero-order valence-corrected chi connectivity index (χ0v) is 8.53. The molecule has 4 heteroatoms. The molecule has 0 fully saturated rings. The van der Waals surface area contributed by atoms with E-state index >= 15 is 0 Å². The summed E-state index contributed by atoms with van der Waals surface area (Å²) in [5, 5.41) is 6.34. The fourth-order valence-corrected chi connectivity index (χ4v) is 1.41. The molecule has 0 saturated heterocycles. The topological polar surface area (TPSA) is 48.8 Å². The van der Waals surface area contributed by atoms with Crippen molar-refractivity contribution in [3.05, 3.63) is 40.8 Å². The van der Waals surface area contributed by atoms with Gasteiger partial charge in [0.2, 0.25) is 0 Å². The lowest BCUT2D eigenvalue weighted by atomic mass is 10.4. The first kappa shape index (κ1) is 10.5. The van der Waals surface area contributed by atoms with Crippen LogP contribution in [0.1, 0.15) is 6.92 Å². The molecule has 0 heterocycles. The standard InChI is InChI=1S/C10H9N3S/c1-9(12-13-11)7-8-14-10-5-3-2-4-6-10/h2-6,9H,1H3. The van der Waals surface area contributed by atoms with Crippen molar-refractivity contribution in [1.29, 1.82) is 0 Å². The van der Waals surface area contributed by atoms with E-state index in [4.69, 9.17) is 5.53 Å². The van der Waals surface area contributed by atoms with Crippen molar-refractivity contribution in [3.8, 4) is 11.2 Å². The van der Waals surface area contributed by atoms with Gasteiger partial charge in [0.25, 0.3) is 0 Å². The summed E-state index contributed by atoms with van der Waals surface area (Å²) in [6.07, 6.45) is 0. The Hall–Kier alpha value is -1.56. The van der Waals surface area contributed by atoms with Crippen molar-refractivity contribution < 1.29 is 0 Å². The maximum absolute atomic E-state index is 8.14. The zero-order chi connectivity index (χ0) is 10.2. The Labute approximate surface area is 87.1 Å². The molecule has 14 heavy (non-hydrogen) atoms. The lowest BCUT2D eigenvalue weighted by molar-refractivity contribution is 0.943. The first-order valence-electron chi connectivity index (χ1n) is 4.09. The Morgan fingerprint density at radius 3 is 2.79 bits per heavy atom. The van der Waals surface area contributed by atoms with Crippen LogP contribution in [0.15, 0.2) is 40.3 Å². The molecule has 0 aliphatic rings. The number of hydrogen-bond acceptors (Lipinski definition) is 2. The average molecular weight is 203 g/mol.